The lowest BCUT2D eigenvalue weighted by Gasteiger charge is -2.36. The minimum absolute atomic E-state index is 0. The molecule has 2 aliphatic rings. The van der Waals surface area contributed by atoms with Gasteiger partial charge in [0.15, 0.2) is 5.96 Å². The Morgan fingerprint density at radius 3 is 2.20 bits per heavy atom. The van der Waals surface area contributed by atoms with Crippen LogP contribution in [0.1, 0.15) is 44.7 Å². The first-order valence-electron chi connectivity index (χ1n) is 10.8. The van der Waals surface area contributed by atoms with Crippen molar-refractivity contribution in [2.24, 2.45) is 10.9 Å². The molecule has 1 aromatic rings. The van der Waals surface area contributed by atoms with Gasteiger partial charge in [0.2, 0.25) is 5.91 Å². The zero-order chi connectivity index (χ0) is 20.9. The van der Waals surface area contributed by atoms with Crippen LogP contribution in [0, 0.1) is 5.92 Å². The van der Waals surface area contributed by atoms with Crippen LogP contribution < -0.4 is 5.32 Å². The molecule has 1 aromatic carbocycles. The predicted molar refractivity (Wildman–Crippen MR) is 132 cm³/mol. The van der Waals surface area contributed by atoms with Gasteiger partial charge in [-0.15, -0.1) is 24.0 Å². The molecule has 1 N–H and O–H groups in total. The van der Waals surface area contributed by atoms with Crippen molar-refractivity contribution in [2.45, 2.75) is 45.6 Å². The van der Waals surface area contributed by atoms with E-state index >= 15 is 0 Å². The molecule has 168 valence electrons. The Kier molecular flexibility index (Phi) is 9.40. The number of hydrogen-bond donors (Lipinski definition) is 1. The van der Waals surface area contributed by atoms with Gasteiger partial charge in [0, 0.05) is 45.7 Å². The highest BCUT2D eigenvalue weighted by molar-refractivity contribution is 14.0. The Morgan fingerprint density at radius 2 is 1.67 bits per heavy atom. The molecule has 0 spiro atoms. The van der Waals surface area contributed by atoms with E-state index in [-0.39, 0.29) is 35.3 Å². The number of aliphatic imine (C=N–C) groups is 1. The van der Waals surface area contributed by atoms with Crippen LogP contribution in [0.4, 0.5) is 0 Å². The van der Waals surface area contributed by atoms with Gasteiger partial charge in [-0.1, -0.05) is 45.0 Å². The zero-order valence-electron chi connectivity index (χ0n) is 18.8. The van der Waals surface area contributed by atoms with Crippen molar-refractivity contribution in [2.75, 3.05) is 46.4 Å². The molecular weight excluding hydrogens is 491 g/mol. The summed E-state index contributed by atoms with van der Waals surface area (Å²) in [5, 5.41) is 3.49. The number of likely N-dealkylation sites (tertiary alicyclic amines) is 1. The van der Waals surface area contributed by atoms with E-state index in [1.807, 2.05) is 11.9 Å². The van der Waals surface area contributed by atoms with Crippen molar-refractivity contribution in [3.63, 3.8) is 0 Å². The lowest BCUT2D eigenvalue weighted by atomic mass is 9.87. The normalized spacial score (nSPS) is 18.7. The van der Waals surface area contributed by atoms with Crippen molar-refractivity contribution in [3.8, 4) is 0 Å². The number of rotatable bonds is 3. The van der Waals surface area contributed by atoms with Gasteiger partial charge in [-0.05, 0) is 29.4 Å². The molecule has 1 amide bonds. The summed E-state index contributed by atoms with van der Waals surface area (Å²) in [4.78, 5) is 21.4. The van der Waals surface area contributed by atoms with E-state index in [0.717, 1.165) is 51.5 Å². The number of guanidine groups is 1. The molecule has 30 heavy (non-hydrogen) atoms. The third kappa shape index (κ3) is 6.57. The number of nitrogens with one attached hydrogen (secondary N) is 1. The van der Waals surface area contributed by atoms with Crippen LogP contribution in [0.2, 0.25) is 0 Å². The van der Waals surface area contributed by atoms with E-state index in [9.17, 15) is 4.79 Å². The van der Waals surface area contributed by atoms with E-state index < -0.39 is 0 Å². The van der Waals surface area contributed by atoms with E-state index in [0.29, 0.717) is 19.1 Å². The molecule has 0 aromatic heterocycles. The number of piperidine rings is 1. The molecule has 3 rings (SSSR count). The number of ether oxygens (including phenoxy) is 1. The number of carbonyl (C=O) groups excluding carboxylic acids is 1. The van der Waals surface area contributed by atoms with Gasteiger partial charge in [0.05, 0.1) is 13.2 Å². The second-order valence-corrected chi connectivity index (χ2v) is 9.05. The van der Waals surface area contributed by atoms with E-state index in [4.69, 9.17) is 4.74 Å². The summed E-state index contributed by atoms with van der Waals surface area (Å²) in [6.07, 6.45) is 1.77. The second-order valence-electron chi connectivity index (χ2n) is 9.05. The van der Waals surface area contributed by atoms with Gasteiger partial charge in [-0.2, -0.15) is 0 Å². The second kappa shape index (κ2) is 11.3. The van der Waals surface area contributed by atoms with Crippen LogP contribution in [0.5, 0.6) is 0 Å². The van der Waals surface area contributed by atoms with Crippen LogP contribution in [0.15, 0.2) is 29.3 Å². The zero-order valence-corrected chi connectivity index (χ0v) is 21.1. The van der Waals surface area contributed by atoms with Crippen molar-refractivity contribution in [1.82, 2.24) is 15.1 Å². The molecule has 2 heterocycles. The first-order valence-corrected chi connectivity index (χ1v) is 10.8. The van der Waals surface area contributed by atoms with Crippen LogP contribution in [0.3, 0.4) is 0 Å². The molecule has 0 atom stereocenters. The Bertz CT molecular complexity index is 701. The Balaban J connectivity index is 0.00000320. The fourth-order valence-electron chi connectivity index (χ4n) is 4.02. The highest BCUT2D eigenvalue weighted by atomic mass is 127. The van der Waals surface area contributed by atoms with Crippen LogP contribution in [-0.2, 0) is 21.5 Å². The van der Waals surface area contributed by atoms with Crippen molar-refractivity contribution in [1.29, 1.82) is 0 Å². The Hall–Kier alpha value is -1.35. The highest BCUT2D eigenvalue weighted by Crippen LogP contribution is 2.23. The summed E-state index contributed by atoms with van der Waals surface area (Å²) in [6.45, 7) is 12.0. The first kappa shape index (κ1) is 24.9. The van der Waals surface area contributed by atoms with Gasteiger partial charge in [0.1, 0.15) is 0 Å². The molecule has 2 aliphatic heterocycles. The molecule has 0 radical (unpaired) electrons. The van der Waals surface area contributed by atoms with Crippen molar-refractivity contribution in [3.05, 3.63) is 35.4 Å². The standard InChI is InChI=1S/C23H36N4O2.HI/c1-23(2,3)20-7-5-18(6-8-20)17-25-22(24-4)27-11-9-19(10-12-27)21(28)26-13-15-29-16-14-26;/h5-8,19H,9-17H2,1-4H3,(H,24,25);1H. The SMILES string of the molecule is CN=C(NCc1ccc(C(C)(C)C)cc1)N1CCC(C(=O)N2CCOCC2)CC1.I. The molecule has 2 saturated heterocycles. The summed E-state index contributed by atoms with van der Waals surface area (Å²) >= 11 is 0. The summed E-state index contributed by atoms with van der Waals surface area (Å²) in [5.41, 5.74) is 2.76. The molecule has 0 unspecified atom stereocenters. The predicted octanol–water partition coefficient (Wildman–Crippen LogP) is 3.25. The molecular formula is C23H37IN4O2. The number of halogens is 1. The van der Waals surface area contributed by atoms with Crippen molar-refractivity contribution >= 4 is 35.8 Å². The molecule has 0 saturated carbocycles. The number of carbonyl (C=O) groups is 1. The van der Waals surface area contributed by atoms with Gasteiger partial charge < -0.3 is 19.9 Å². The molecule has 2 fully saturated rings. The monoisotopic (exact) mass is 528 g/mol. The van der Waals surface area contributed by atoms with Gasteiger partial charge in [-0.25, -0.2) is 0 Å². The molecule has 7 heteroatoms. The number of benzene rings is 1. The van der Waals surface area contributed by atoms with E-state index in [2.05, 4.69) is 60.2 Å². The minimum atomic E-state index is 0. The maximum atomic E-state index is 12.7. The highest BCUT2D eigenvalue weighted by Gasteiger charge is 2.30. The maximum Gasteiger partial charge on any atom is 0.225 e. The summed E-state index contributed by atoms with van der Waals surface area (Å²) in [7, 11) is 1.83. The van der Waals surface area contributed by atoms with Crippen molar-refractivity contribution < 1.29 is 9.53 Å². The minimum Gasteiger partial charge on any atom is -0.378 e. The number of hydrogen-bond acceptors (Lipinski definition) is 3. The topological polar surface area (TPSA) is 57.2 Å². The number of morpholine rings is 1. The smallest absolute Gasteiger partial charge is 0.225 e. The fraction of sp³-hybridized carbons (Fsp3) is 0.652. The van der Waals surface area contributed by atoms with Gasteiger partial charge >= 0.3 is 0 Å². The number of amides is 1. The third-order valence-corrected chi connectivity index (χ3v) is 5.95. The van der Waals surface area contributed by atoms with Gasteiger partial charge in [-0.3, -0.25) is 9.79 Å². The largest absolute Gasteiger partial charge is 0.378 e. The fourth-order valence-corrected chi connectivity index (χ4v) is 4.02. The number of nitrogens with zero attached hydrogens (tertiary/aromatic N) is 3. The van der Waals surface area contributed by atoms with Crippen LogP contribution in [-0.4, -0.2) is 68.1 Å². The van der Waals surface area contributed by atoms with E-state index in [1.165, 1.54) is 11.1 Å². The van der Waals surface area contributed by atoms with E-state index in [1.54, 1.807) is 0 Å². The summed E-state index contributed by atoms with van der Waals surface area (Å²) in [6, 6.07) is 8.80. The lowest BCUT2D eigenvalue weighted by Crippen LogP contribution is -2.49. The van der Waals surface area contributed by atoms with Gasteiger partial charge in [0.25, 0.3) is 0 Å². The molecule has 0 aliphatic carbocycles. The average molecular weight is 528 g/mol. The summed E-state index contributed by atoms with van der Waals surface area (Å²) < 4.78 is 5.36. The lowest BCUT2D eigenvalue weighted by molar-refractivity contribution is -0.140. The third-order valence-electron chi connectivity index (χ3n) is 5.95. The molecule has 6 nitrogen and oxygen atoms in total. The Morgan fingerprint density at radius 1 is 1.07 bits per heavy atom. The average Bonchev–Trinajstić information content (AvgIpc) is 2.74. The first-order chi connectivity index (χ1) is 13.9. The summed E-state index contributed by atoms with van der Waals surface area (Å²) in [5.74, 6) is 1.35. The van der Waals surface area contributed by atoms with Crippen LogP contribution >= 0.6 is 24.0 Å². The van der Waals surface area contributed by atoms with Crippen LogP contribution in [0.25, 0.3) is 0 Å². The molecule has 0 bridgehead atoms. The quantitative estimate of drug-likeness (QED) is 0.372. The Labute approximate surface area is 198 Å². The maximum absolute atomic E-state index is 12.7.